The maximum absolute atomic E-state index is 5.56. The SMILES string of the molecule is C#CCN1CCC(NOC(C)(C)C)CC1. The van der Waals surface area contributed by atoms with E-state index in [1.807, 2.05) is 20.8 Å². The maximum atomic E-state index is 5.56. The molecule has 1 saturated heterocycles. The van der Waals surface area contributed by atoms with Crippen molar-refractivity contribution in [2.75, 3.05) is 19.6 Å². The lowest BCUT2D eigenvalue weighted by Crippen LogP contribution is -2.44. The summed E-state index contributed by atoms with van der Waals surface area (Å²) in [5.41, 5.74) is 3.03. The first-order valence-corrected chi connectivity index (χ1v) is 5.60. The van der Waals surface area contributed by atoms with Crippen LogP contribution >= 0.6 is 0 Å². The summed E-state index contributed by atoms with van der Waals surface area (Å²) in [5, 5.41) is 0. The van der Waals surface area contributed by atoms with E-state index < -0.39 is 0 Å². The van der Waals surface area contributed by atoms with Crippen LogP contribution in [0.15, 0.2) is 0 Å². The van der Waals surface area contributed by atoms with Crippen LogP contribution < -0.4 is 5.48 Å². The number of nitrogens with one attached hydrogen (secondary N) is 1. The lowest BCUT2D eigenvalue weighted by molar-refractivity contribution is -0.0949. The first-order chi connectivity index (χ1) is 7.01. The minimum Gasteiger partial charge on any atom is -0.296 e. The molecule has 0 aromatic carbocycles. The third kappa shape index (κ3) is 5.17. The first kappa shape index (κ1) is 12.5. The van der Waals surface area contributed by atoms with Crippen molar-refractivity contribution >= 4 is 0 Å². The molecule has 3 heteroatoms. The highest BCUT2D eigenvalue weighted by Crippen LogP contribution is 2.12. The molecule has 0 radical (unpaired) electrons. The zero-order valence-corrected chi connectivity index (χ0v) is 10.0. The van der Waals surface area contributed by atoms with Crippen LogP contribution in [0.4, 0.5) is 0 Å². The van der Waals surface area contributed by atoms with Crippen molar-refractivity contribution in [3.8, 4) is 12.3 Å². The Morgan fingerprint density at radius 3 is 2.47 bits per heavy atom. The molecule has 0 aliphatic carbocycles. The molecule has 0 atom stereocenters. The van der Waals surface area contributed by atoms with Crippen molar-refractivity contribution in [2.45, 2.75) is 45.3 Å². The fourth-order valence-electron chi connectivity index (χ4n) is 1.60. The van der Waals surface area contributed by atoms with Crippen LogP contribution in [0.1, 0.15) is 33.6 Å². The fraction of sp³-hybridized carbons (Fsp3) is 0.833. The van der Waals surface area contributed by atoms with Crippen molar-refractivity contribution in [2.24, 2.45) is 0 Å². The number of terminal acetylenes is 1. The molecule has 3 nitrogen and oxygen atoms in total. The average Bonchev–Trinajstić information content (AvgIpc) is 2.16. The monoisotopic (exact) mass is 210 g/mol. The Labute approximate surface area is 93.1 Å². The van der Waals surface area contributed by atoms with Gasteiger partial charge < -0.3 is 0 Å². The molecule has 86 valence electrons. The van der Waals surface area contributed by atoms with E-state index in [1.54, 1.807) is 0 Å². The number of nitrogens with zero attached hydrogens (tertiary/aromatic N) is 1. The Balaban J connectivity index is 2.18. The van der Waals surface area contributed by atoms with Gasteiger partial charge >= 0.3 is 0 Å². The third-order valence-corrected chi connectivity index (χ3v) is 2.43. The smallest absolute Gasteiger partial charge is 0.0813 e. The van der Waals surface area contributed by atoms with Crippen molar-refractivity contribution in [1.82, 2.24) is 10.4 Å². The summed E-state index contributed by atoms with van der Waals surface area (Å²) in [6, 6.07) is 0.471. The number of rotatable bonds is 3. The van der Waals surface area contributed by atoms with E-state index in [0.29, 0.717) is 6.04 Å². The lowest BCUT2D eigenvalue weighted by atomic mass is 10.1. The Morgan fingerprint density at radius 1 is 1.40 bits per heavy atom. The molecular formula is C12H22N2O. The molecule has 0 bridgehead atoms. The standard InChI is InChI=1S/C12H22N2O/c1-5-8-14-9-6-11(7-10-14)13-15-12(2,3)4/h1,11,13H,6-10H2,2-4H3. The van der Waals surface area contributed by atoms with Crippen LogP contribution in [0.5, 0.6) is 0 Å². The van der Waals surface area contributed by atoms with Crippen molar-refractivity contribution in [3.05, 3.63) is 0 Å². The minimum atomic E-state index is -0.115. The van der Waals surface area contributed by atoms with Crippen molar-refractivity contribution < 1.29 is 4.84 Å². The summed E-state index contributed by atoms with van der Waals surface area (Å²) < 4.78 is 0. The molecule has 1 N–H and O–H groups in total. The van der Waals surface area contributed by atoms with Crippen LogP contribution in [0, 0.1) is 12.3 Å². The molecular weight excluding hydrogens is 188 g/mol. The molecule has 1 heterocycles. The van der Waals surface area contributed by atoms with Crippen LogP contribution in [0.2, 0.25) is 0 Å². The lowest BCUT2D eigenvalue weighted by Gasteiger charge is -2.32. The second-order valence-corrected chi connectivity index (χ2v) is 5.09. The van der Waals surface area contributed by atoms with Crippen molar-refractivity contribution in [3.63, 3.8) is 0 Å². The van der Waals surface area contributed by atoms with Gasteiger partial charge in [-0.05, 0) is 33.6 Å². The summed E-state index contributed by atoms with van der Waals surface area (Å²) in [7, 11) is 0. The summed E-state index contributed by atoms with van der Waals surface area (Å²) in [6.45, 7) is 9.05. The van der Waals surface area contributed by atoms with Crippen LogP contribution in [0.3, 0.4) is 0 Å². The number of piperidine rings is 1. The predicted molar refractivity (Wildman–Crippen MR) is 62.3 cm³/mol. The Bertz CT molecular complexity index is 219. The van der Waals surface area contributed by atoms with Gasteiger partial charge in [0.2, 0.25) is 0 Å². The van der Waals surface area contributed by atoms with Gasteiger partial charge in [-0.2, -0.15) is 5.48 Å². The highest BCUT2D eigenvalue weighted by molar-refractivity contribution is 4.90. The van der Waals surface area contributed by atoms with Gasteiger partial charge in [0.15, 0.2) is 0 Å². The van der Waals surface area contributed by atoms with E-state index in [9.17, 15) is 0 Å². The molecule has 0 aromatic rings. The van der Waals surface area contributed by atoms with Gasteiger partial charge in [0, 0.05) is 19.1 Å². The molecule has 1 aliphatic rings. The number of hydroxylamine groups is 1. The van der Waals surface area contributed by atoms with Gasteiger partial charge in [0.05, 0.1) is 12.1 Å². The average molecular weight is 210 g/mol. The maximum Gasteiger partial charge on any atom is 0.0813 e. The van der Waals surface area contributed by atoms with Crippen molar-refractivity contribution in [1.29, 1.82) is 0 Å². The second kappa shape index (κ2) is 5.50. The Morgan fingerprint density at radius 2 is 2.00 bits per heavy atom. The van der Waals surface area contributed by atoms with Crippen LogP contribution in [-0.4, -0.2) is 36.2 Å². The molecule has 1 aliphatic heterocycles. The molecule has 1 rings (SSSR count). The largest absolute Gasteiger partial charge is 0.296 e. The molecule has 0 spiro atoms. The van der Waals surface area contributed by atoms with Gasteiger partial charge in [-0.1, -0.05) is 5.92 Å². The van der Waals surface area contributed by atoms with Gasteiger partial charge in [-0.25, -0.2) is 0 Å². The molecule has 0 unspecified atom stereocenters. The van der Waals surface area contributed by atoms with E-state index in [-0.39, 0.29) is 5.60 Å². The Kier molecular flexibility index (Phi) is 4.59. The zero-order chi connectivity index (χ0) is 11.3. The molecule has 15 heavy (non-hydrogen) atoms. The van der Waals surface area contributed by atoms with E-state index in [0.717, 1.165) is 32.5 Å². The summed E-state index contributed by atoms with van der Waals surface area (Å²) in [4.78, 5) is 7.86. The quantitative estimate of drug-likeness (QED) is 0.563. The van der Waals surface area contributed by atoms with E-state index in [4.69, 9.17) is 11.3 Å². The third-order valence-electron chi connectivity index (χ3n) is 2.43. The molecule has 0 aromatic heterocycles. The normalized spacial score (nSPS) is 20.1. The van der Waals surface area contributed by atoms with Crippen LogP contribution in [0.25, 0.3) is 0 Å². The summed E-state index contributed by atoms with van der Waals surface area (Å²) in [6.07, 6.45) is 7.50. The first-order valence-electron chi connectivity index (χ1n) is 5.60. The van der Waals surface area contributed by atoms with Gasteiger partial charge in [0.25, 0.3) is 0 Å². The number of hydrogen-bond donors (Lipinski definition) is 1. The fourth-order valence-corrected chi connectivity index (χ4v) is 1.60. The molecule has 1 fully saturated rings. The summed E-state index contributed by atoms with van der Waals surface area (Å²) in [5.74, 6) is 2.68. The zero-order valence-electron chi connectivity index (χ0n) is 10.0. The van der Waals surface area contributed by atoms with E-state index >= 15 is 0 Å². The van der Waals surface area contributed by atoms with Gasteiger partial charge in [-0.3, -0.25) is 9.74 Å². The predicted octanol–water partition coefficient (Wildman–Crippen LogP) is 1.40. The summed E-state index contributed by atoms with van der Waals surface area (Å²) >= 11 is 0. The van der Waals surface area contributed by atoms with E-state index in [2.05, 4.69) is 16.3 Å². The topological polar surface area (TPSA) is 24.5 Å². The number of likely N-dealkylation sites (tertiary alicyclic amines) is 1. The van der Waals surface area contributed by atoms with Gasteiger partial charge in [0.1, 0.15) is 0 Å². The number of hydrogen-bond acceptors (Lipinski definition) is 3. The second-order valence-electron chi connectivity index (χ2n) is 5.09. The highest BCUT2D eigenvalue weighted by atomic mass is 16.7. The Hall–Kier alpha value is -0.560. The molecule has 0 saturated carbocycles. The van der Waals surface area contributed by atoms with E-state index in [1.165, 1.54) is 0 Å². The van der Waals surface area contributed by atoms with Crippen LogP contribution in [-0.2, 0) is 4.84 Å². The van der Waals surface area contributed by atoms with Gasteiger partial charge in [-0.15, -0.1) is 6.42 Å². The molecule has 0 amide bonds. The minimum absolute atomic E-state index is 0.115. The highest BCUT2D eigenvalue weighted by Gasteiger charge is 2.20.